The Morgan fingerprint density at radius 2 is 1.47 bits per heavy atom. The van der Waals surface area contributed by atoms with Crippen molar-refractivity contribution < 1.29 is 9.47 Å². The van der Waals surface area contributed by atoms with Crippen molar-refractivity contribution in [2.45, 2.75) is 51.5 Å². The summed E-state index contributed by atoms with van der Waals surface area (Å²) in [6.07, 6.45) is 10.5. The Hall–Kier alpha value is -2.27. The molecule has 30 heavy (non-hydrogen) atoms. The van der Waals surface area contributed by atoms with Crippen LogP contribution in [-0.4, -0.2) is 36.2 Å². The lowest BCUT2D eigenvalue weighted by atomic mass is 9.90. The van der Waals surface area contributed by atoms with E-state index in [-0.39, 0.29) is 5.56 Å². The highest BCUT2D eigenvalue weighted by Crippen LogP contribution is 2.30. The number of nitrogens with zero attached hydrogens (tertiary/aromatic N) is 1. The number of H-pyrrole nitrogens is 1. The first kappa shape index (κ1) is 21.0. The molecule has 1 saturated carbocycles. The number of para-hydroxylation sites is 2. The van der Waals surface area contributed by atoms with Crippen LogP contribution in [0.4, 0.5) is 0 Å². The zero-order valence-electron chi connectivity index (χ0n) is 17.9. The SMILES string of the molecule is O=c1[nH]cccc1CN1CCC(COc2ccccc2OCC2CCCCC2)CC1. The Balaban J connectivity index is 1.22. The predicted molar refractivity (Wildman–Crippen MR) is 119 cm³/mol. The van der Waals surface area contributed by atoms with Crippen LogP contribution in [0.15, 0.2) is 47.4 Å². The van der Waals surface area contributed by atoms with Gasteiger partial charge in [0.05, 0.1) is 13.2 Å². The second kappa shape index (κ2) is 10.7. The molecular formula is C25H34N2O3. The fourth-order valence-corrected chi connectivity index (χ4v) is 4.59. The normalized spacial score (nSPS) is 18.9. The highest BCUT2D eigenvalue weighted by Gasteiger charge is 2.21. The molecule has 0 spiro atoms. The number of likely N-dealkylation sites (tertiary alicyclic amines) is 1. The summed E-state index contributed by atoms with van der Waals surface area (Å²) in [4.78, 5) is 17.0. The van der Waals surface area contributed by atoms with Gasteiger partial charge in [-0.25, -0.2) is 0 Å². The van der Waals surface area contributed by atoms with Gasteiger partial charge >= 0.3 is 0 Å². The molecule has 0 unspecified atom stereocenters. The second-order valence-corrected chi connectivity index (χ2v) is 8.82. The molecule has 1 aliphatic carbocycles. The van der Waals surface area contributed by atoms with Gasteiger partial charge in [0.15, 0.2) is 11.5 Å². The first-order chi connectivity index (χ1) is 14.8. The molecule has 1 aliphatic heterocycles. The summed E-state index contributed by atoms with van der Waals surface area (Å²) in [5.41, 5.74) is 0.865. The molecule has 1 aromatic heterocycles. The molecule has 0 bridgehead atoms. The molecule has 5 nitrogen and oxygen atoms in total. The van der Waals surface area contributed by atoms with E-state index >= 15 is 0 Å². The molecule has 1 saturated heterocycles. The third-order valence-electron chi connectivity index (χ3n) is 6.52. The van der Waals surface area contributed by atoms with Gasteiger partial charge in [0.2, 0.25) is 0 Å². The lowest BCUT2D eigenvalue weighted by Gasteiger charge is -2.31. The molecule has 2 aromatic rings. The number of rotatable bonds is 8. The maximum absolute atomic E-state index is 11.9. The van der Waals surface area contributed by atoms with E-state index in [9.17, 15) is 4.79 Å². The average Bonchev–Trinajstić information content (AvgIpc) is 2.80. The minimum Gasteiger partial charge on any atom is -0.489 e. The maximum atomic E-state index is 11.9. The first-order valence-corrected chi connectivity index (χ1v) is 11.5. The van der Waals surface area contributed by atoms with Crippen LogP contribution in [0.2, 0.25) is 0 Å². The molecule has 0 atom stereocenters. The number of nitrogens with one attached hydrogen (secondary N) is 1. The summed E-state index contributed by atoms with van der Waals surface area (Å²) in [6.45, 7) is 4.26. The Kier molecular flexibility index (Phi) is 7.46. The van der Waals surface area contributed by atoms with Gasteiger partial charge in [0.1, 0.15) is 0 Å². The van der Waals surface area contributed by atoms with Gasteiger partial charge in [0, 0.05) is 18.3 Å². The fraction of sp³-hybridized carbons (Fsp3) is 0.560. The molecule has 5 heteroatoms. The van der Waals surface area contributed by atoms with Crippen LogP contribution in [0.3, 0.4) is 0 Å². The largest absolute Gasteiger partial charge is 0.489 e. The van der Waals surface area contributed by atoms with Crippen LogP contribution in [0.1, 0.15) is 50.5 Å². The summed E-state index contributed by atoms with van der Waals surface area (Å²) in [5, 5.41) is 0. The van der Waals surface area contributed by atoms with Crippen LogP contribution >= 0.6 is 0 Å². The van der Waals surface area contributed by atoms with E-state index in [0.29, 0.717) is 11.8 Å². The number of aromatic nitrogens is 1. The van der Waals surface area contributed by atoms with Crippen LogP contribution in [0, 0.1) is 11.8 Å². The third-order valence-corrected chi connectivity index (χ3v) is 6.52. The molecule has 162 valence electrons. The quantitative estimate of drug-likeness (QED) is 0.690. The van der Waals surface area contributed by atoms with Crippen LogP contribution in [0.25, 0.3) is 0 Å². The van der Waals surface area contributed by atoms with Crippen molar-refractivity contribution in [3.8, 4) is 11.5 Å². The smallest absolute Gasteiger partial charge is 0.252 e. The first-order valence-electron chi connectivity index (χ1n) is 11.5. The third kappa shape index (κ3) is 5.88. The average molecular weight is 411 g/mol. The molecule has 2 fully saturated rings. The van der Waals surface area contributed by atoms with E-state index in [4.69, 9.17) is 9.47 Å². The van der Waals surface area contributed by atoms with E-state index in [0.717, 1.165) is 62.8 Å². The van der Waals surface area contributed by atoms with Crippen molar-refractivity contribution >= 4 is 0 Å². The van der Waals surface area contributed by atoms with Crippen molar-refractivity contribution in [1.82, 2.24) is 9.88 Å². The summed E-state index contributed by atoms with van der Waals surface area (Å²) in [7, 11) is 0. The number of aromatic amines is 1. The van der Waals surface area contributed by atoms with Gasteiger partial charge < -0.3 is 14.5 Å². The number of benzene rings is 1. The molecular weight excluding hydrogens is 376 g/mol. The zero-order chi connectivity index (χ0) is 20.6. The zero-order valence-corrected chi connectivity index (χ0v) is 17.9. The van der Waals surface area contributed by atoms with Gasteiger partial charge in [-0.15, -0.1) is 0 Å². The fourth-order valence-electron chi connectivity index (χ4n) is 4.59. The Bertz CT molecular complexity index is 836. The van der Waals surface area contributed by atoms with Crippen molar-refractivity contribution in [2.24, 2.45) is 11.8 Å². The predicted octanol–water partition coefficient (Wildman–Crippen LogP) is 4.63. The van der Waals surface area contributed by atoms with Gasteiger partial charge in [-0.2, -0.15) is 0 Å². The minimum absolute atomic E-state index is 0.0211. The topological polar surface area (TPSA) is 54.6 Å². The minimum atomic E-state index is 0.0211. The summed E-state index contributed by atoms with van der Waals surface area (Å²) < 4.78 is 12.3. The van der Waals surface area contributed by atoms with Crippen molar-refractivity contribution in [1.29, 1.82) is 0 Å². The Morgan fingerprint density at radius 3 is 2.10 bits per heavy atom. The second-order valence-electron chi connectivity index (χ2n) is 8.82. The number of hydrogen-bond donors (Lipinski definition) is 1. The number of piperidine rings is 1. The molecule has 1 N–H and O–H groups in total. The highest BCUT2D eigenvalue weighted by atomic mass is 16.5. The van der Waals surface area contributed by atoms with Crippen LogP contribution in [-0.2, 0) is 6.54 Å². The molecule has 0 radical (unpaired) electrons. The number of pyridine rings is 1. The maximum Gasteiger partial charge on any atom is 0.252 e. The van der Waals surface area contributed by atoms with E-state index in [2.05, 4.69) is 9.88 Å². The van der Waals surface area contributed by atoms with Crippen LogP contribution < -0.4 is 15.0 Å². The summed E-state index contributed by atoms with van der Waals surface area (Å²) in [5.74, 6) is 2.98. The number of ether oxygens (including phenoxy) is 2. The lowest BCUT2D eigenvalue weighted by Crippen LogP contribution is -2.36. The van der Waals surface area contributed by atoms with Gasteiger partial charge in [-0.05, 0) is 68.8 Å². The molecule has 2 aliphatic rings. The van der Waals surface area contributed by atoms with Crippen molar-refractivity contribution in [3.05, 3.63) is 58.5 Å². The highest BCUT2D eigenvalue weighted by molar-refractivity contribution is 5.39. The monoisotopic (exact) mass is 410 g/mol. The molecule has 2 heterocycles. The van der Waals surface area contributed by atoms with Gasteiger partial charge in [0.25, 0.3) is 5.56 Å². The van der Waals surface area contributed by atoms with Gasteiger partial charge in [-0.3, -0.25) is 9.69 Å². The Morgan fingerprint density at radius 1 is 0.833 bits per heavy atom. The molecule has 0 amide bonds. The van der Waals surface area contributed by atoms with E-state index in [1.54, 1.807) is 6.20 Å². The van der Waals surface area contributed by atoms with E-state index < -0.39 is 0 Å². The molecule has 4 rings (SSSR count). The number of hydrogen-bond acceptors (Lipinski definition) is 4. The van der Waals surface area contributed by atoms with Crippen LogP contribution in [0.5, 0.6) is 11.5 Å². The summed E-state index contributed by atoms with van der Waals surface area (Å²) >= 11 is 0. The lowest BCUT2D eigenvalue weighted by molar-refractivity contribution is 0.132. The Labute approximate surface area is 179 Å². The van der Waals surface area contributed by atoms with E-state index in [1.807, 2.05) is 36.4 Å². The summed E-state index contributed by atoms with van der Waals surface area (Å²) in [6, 6.07) is 11.9. The standard InChI is InChI=1S/C25H34N2O3/c28-25-22(9-6-14-26-25)17-27-15-12-21(13-16-27)19-30-24-11-5-4-10-23(24)29-18-20-7-2-1-3-8-20/h4-6,9-11,14,20-21H,1-3,7-8,12-13,15-19H2,(H,26,28). The van der Waals surface area contributed by atoms with Crippen molar-refractivity contribution in [3.63, 3.8) is 0 Å². The van der Waals surface area contributed by atoms with Gasteiger partial charge in [-0.1, -0.05) is 37.5 Å². The van der Waals surface area contributed by atoms with E-state index in [1.165, 1.54) is 32.1 Å². The molecule has 1 aromatic carbocycles. The van der Waals surface area contributed by atoms with Crippen molar-refractivity contribution in [2.75, 3.05) is 26.3 Å².